The summed E-state index contributed by atoms with van der Waals surface area (Å²) in [5.41, 5.74) is 1.68. The van der Waals surface area contributed by atoms with Crippen LogP contribution in [0.5, 0.6) is 5.75 Å². The summed E-state index contributed by atoms with van der Waals surface area (Å²) in [6, 6.07) is 13.6. The van der Waals surface area contributed by atoms with E-state index in [1.807, 2.05) is 6.07 Å². The van der Waals surface area contributed by atoms with Crippen LogP contribution < -0.4 is 4.74 Å². The number of halogens is 1. The smallest absolute Gasteiger partial charge is 0.342 e. The quantitative estimate of drug-likeness (QED) is 0.810. The lowest BCUT2D eigenvalue weighted by molar-refractivity contribution is 0.0469. The van der Waals surface area contributed by atoms with Crippen molar-refractivity contribution in [1.29, 1.82) is 5.26 Å². The van der Waals surface area contributed by atoms with E-state index < -0.39 is 5.97 Å². The van der Waals surface area contributed by atoms with E-state index in [-0.39, 0.29) is 6.61 Å². The van der Waals surface area contributed by atoms with Crippen LogP contribution in [0.4, 0.5) is 0 Å². The molecule has 2 aromatic carbocycles. The molecule has 0 radical (unpaired) electrons. The normalized spacial score (nSPS) is 9.76. The molecule has 5 heteroatoms. The van der Waals surface area contributed by atoms with Crippen molar-refractivity contribution in [2.24, 2.45) is 0 Å². The zero-order valence-electron chi connectivity index (χ0n) is 11.3. The summed E-state index contributed by atoms with van der Waals surface area (Å²) in [6.45, 7) is 0.121. The fourth-order valence-electron chi connectivity index (χ4n) is 1.74. The monoisotopic (exact) mass is 301 g/mol. The van der Waals surface area contributed by atoms with Gasteiger partial charge in [-0.15, -0.1) is 0 Å². The summed E-state index contributed by atoms with van der Waals surface area (Å²) in [5, 5.41) is 9.20. The third-order valence-corrected chi connectivity index (χ3v) is 3.07. The lowest BCUT2D eigenvalue weighted by Crippen LogP contribution is -2.07. The van der Waals surface area contributed by atoms with Crippen molar-refractivity contribution in [3.63, 3.8) is 0 Å². The van der Waals surface area contributed by atoms with E-state index in [2.05, 4.69) is 0 Å². The maximum atomic E-state index is 12.0. The molecule has 0 fully saturated rings. The molecular weight excluding hydrogens is 290 g/mol. The van der Waals surface area contributed by atoms with Gasteiger partial charge in [-0.05, 0) is 35.9 Å². The molecule has 0 atom stereocenters. The molecule has 0 saturated heterocycles. The molecular formula is C16H12ClNO3. The summed E-state index contributed by atoms with van der Waals surface area (Å²) in [7, 11) is 1.46. The number of hydrogen-bond acceptors (Lipinski definition) is 4. The van der Waals surface area contributed by atoms with E-state index >= 15 is 0 Å². The number of methoxy groups -OCH3 is 1. The van der Waals surface area contributed by atoms with Crippen LogP contribution in [-0.2, 0) is 11.3 Å². The zero-order valence-corrected chi connectivity index (χ0v) is 12.1. The first-order chi connectivity index (χ1) is 10.1. The van der Waals surface area contributed by atoms with Crippen molar-refractivity contribution >= 4 is 17.6 Å². The van der Waals surface area contributed by atoms with Crippen molar-refractivity contribution < 1.29 is 14.3 Å². The Labute approximate surface area is 127 Å². The molecule has 0 aliphatic carbocycles. The summed E-state index contributed by atoms with van der Waals surface area (Å²) < 4.78 is 10.3. The average Bonchev–Trinajstić information content (AvgIpc) is 2.52. The molecule has 0 spiro atoms. The van der Waals surface area contributed by atoms with Crippen LogP contribution in [0.25, 0.3) is 0 Å². The standard InChI is InChI=1S/C16H12ClNO3/c1-20-15-8-13(17)6-7-14(15)16(19)21-10-12-4-2-11(9-18)3-5-12/h2-8H,10H2,1H3. The Hall–Kier alpha value is -2.51. The largest absolute Gasteiger partial charge is 0.496 e. The molecule has 2 aromatic rings. The van der Waals surface area contributed by atoms with Gasteiger partial charge in [0.25, 0.3) is 0 Å². The second-order valence-corrected chi connectivity index (χ2v) is 4.67. The summed E-state index contributed by atoms with van der Waals surface area (Å²) in [5.74, 6) is -0.125. The van der Waals surface area contributed by atoms with Crippen LogP contribution in [0.1, 0.15) is 21.5 Å². The molecule has 0 aliphatic rings. The third-order valence-electron chi connectivity index (χ3n) is 2.84. The van der Waals surface area contributed by atoms with Crippen LogP contribution in [0, 0.1) is 11.3 Å². The minimum atomic E-state index is -0.493. The van der Waals surface area contributed by atoms with Gasteiger partial charge in [0.15, 0.2) is 0 Å². The van der Waals surface area contributed by atoms with Gasteiger partial charge in [0.1, 0.15) is 17.9 Å². The molecule has 21 heavy (non-hydrogen) atoms. The van der Waals surface area contributed by atoms with E-state index in [1.165, 1.54) is 7.11 Å². The molecule has 0 N–H and O–H groups in total. The Balaban J connectivity index is 2.06. The van der Waals surface area contributed by atoms with Gasteiger partial charge in [0, 0.05) is 5.02 Å². The van der Waals surface area contributed by atoms with Crippen LogP contribution in [0.2, 0.25) is 5.02 Å². The molecule has 0 aromatic heterocycles. The number of ether oxygens (including phenoxy) is 2. The highest BCUT2D eigenvalue weighted by molar-refractivity contribution is 6.30. The number of hydrogen-bond donors (Lipinski definition) is 0. The number of carbonyl (C=O) groups excluding carboxylic acids is 1. The molecule has 0 aliphatic heterocycles. The number of nitriles is 1. The van der Waals surface area contributed by atoms with E-state index in [0.717, 1.165) is 5.56 Å². The van der Waals surface area contributed by atoms with Gasteiger partial charge in [-0.25, -0.2) is 4.79 Å². The van der Waals surface area contributed by atoms with Crippen molar-refractivity contribution in [2.75, 3.05) is 7.11 Å². The maximum absolute atomic E-state index is 12.0. The Kier molecular flexibility index (Phi) is 4.81. The topological polar surface area (TPSA) is 59.3 Å². The van der Waals surface area contributed by atoms with E-state index in [0.29, 0.717) is 21.9 Å². The first kappa shape index (κ1) is 14.9. The van der Waals surface area contributed by atoms with E-state index in [4.69, 9.17) is 26.3 Å². The molecule has 0 saturated carbocycles. The molecule has 2 rings (SSSR count). The van der Waals surface area contributed by atoms with Gasteiger partial charge in [-0.3, -0.25) is 0 Å². The number of nitrogens with zero attached hydrogens (tertiary/aromatic N) is 1. The van der Waals surface area contributed by atoms with Gasteiger partial charge < -0.3 is 9.47 Å². The van der Waals surface area contributed by atoms with Gasteiger partial charge in [-0.1, -0.05) is 23.7 Å². The minimum absolute atomic E-state index is 0.121. The van der Waals surface area contributed by atoms with Gasteiger partial charge >= 0.3 is 5.97 Å². The molecule has 0 amide bonds. The Bertz CT molecular complexity index is 690. The molecule has 0 unspecified atom stereocenters. The fraction of sp³-hybridized carbons (Fsp3) is 0.125. The average molecular weight is 302 g/mol. The SMILES string of the molecule is COc1cc(Cl)ccc1C(=O)OCc1ccc(C#N)cc1. The lowest BCUT2D eigenvalue weighted by Gasteiger charge is -2.09. The lowest BCUT2D eigenvalue weighted by atomic mass is 10.1. The minimum Gasteiger partial charge on any atom is -0.496 e. The maximum Gasteiger partial charge on any atom is 0.342 e. The number of esters is 1. The van der Waals surface area contributed by atoms with Gasteiger partial charge in [0.05, 0.1) is 18.7 Å². The Morgan fingerprint density at radius 2 is 1.95 bits per heavy atom. The highest BCUT2D eigenvalue weighted by Gasteiger charge is 2.14. The predicted octanol–water partition coefficient (Wildman–Crippen LogP) is 3.58. The van der Waals surface area contributed by atoms with Crippen LogP contribution >= 0.6 is 11.6 Å². The Morgan fingerprint density at radius 3 is 2.57 bits per heavy atom. The van der Waals surface area contributed by atoms with Gasteiger partial charge in [0.2, 0.25) is 0 Å². The zero-order chi connectivity index (χ0) is 15.2. The van der Waals surface area contributed by atoms with E-state index in [1.54, 1.807) is 42.5 Å². The van der Waals surface area contributed by atoms with Gasteiger partial charge in [-0.2, -0.15) is 5.26 Å². The highest BCUT2D eigenvalue weighted by Crippen LogP contribution is 2.24. The highest BCUT2D eigenvalue weighted by atomic mass is 35.5. The van der Waals surface area contributed by atoms with Crippen LogP contribution in [0.3, 0.4) is 0 Å². The summed E-state index contributed by atoms with van der Waals surface area (Å²) >= 11 is 5.84. The summed E-state index contributed by atoms with van der Waals surface area (Å²) in [6.07, 6.45) is 0. The second-order valence-electron chi connectivity index (χ2n) is 4.23. The van der Waals surface area contributed by atoms with Crippen LogP contribution in [0.15, 0.2) is 42.5 Å². The molecule has 106 valence electrons. The number of rotatable bonds is 4. The third kappa shape index (κ3) is 3.74. The predicted molar refractivity (Wildman–Crippen MR) is 78.3 cm³/mol. The van der Waals surface area contributed by atoms with Crippen molar-refractivity contribution in [1.82, 2.24) is 0 Å². The van der Waals surface area contributed by atoms with Crippen molar-refractivity contribution in [2.45, 2.75) is 6.61 Å². The fourth-order valence-corrected chi connectivity index (χ4v) is 1.90. The number of benzene rings is 2. The second kappa shape index (κ2) is 6.78. The Morgan fingerprint density at radius 1 is 1.24 bits per heavy atom. The first-order valence-electron chi connectivity index (χ1n) is 6.13. The summed E-state index contributed by atoms with van der Waals surface area (Å²) in [4.78, 5) is 12.0. The van der Waals surface area contributed by atoms with E-state index in [9.17, 15) is 4.79 Å². The molecule has 0 heterocycles. The molecule has 0 bridgehead atoms. The number of carbonyl (C=O) groups is 1. The van der Waals surface area contributed by atoms with Crippen LogP contribution in [-0.4, -0.2) is 13.1 Å². The first-order valence-corrected chi connectivity index (χ1v) is 6.51. The molecule has 4 nitrogen and oxygen atoms in total. The van der Waals surface area contributed by atoms with Crippen molar-refractivity contribution in [3.05, 3.63) is 64.2 Å². The van der Waals surface area contributed by atoms with Crippen molar-refractivity contribution in [3.8, 4) is 11.8 Å².